The molecule has 3 atom stereocenters. The Labute approximate surface area is 287 Å². The molecule has 4 aliphatic rings. The molecule has 0 radical (unpaired) electrons. The molecule has 9 nitrogen and oxygen atoms in total. The number of guanidine groups is 1. The molecule has 3 aliphatic heterocycles. The molecule has 1 unspecified atom stereocenters. The summed E-state index contributed by atoms with van der Waals surface area (Å²) in [5, 5.41) is 3.13. The van der Waals surface area contributed by atoms with Crippen LogP contribution in [0.3, 0.4) is 0 Å². The Morgan fingerprint density at radius 2 is 1.63 bits per heavy atom. The smallest absolute Gasteiger partial charge is 0.416 e. The third kappa shape index (κ3) is 7.03. The summed E-state index contributed by atoms with van der Waals surface area (Å²) in [5.41, 5.74) is -1.26. The number of hydrogen-bond acceptors (Lipinski definition) is 8. The van der Waals surface area contributed by atoms with Crippen LogP contribution in [0.2, 0.25) is 0 Å². The monoisotopic (exact) mass is 730 g/mol. The molecular formula is C34H34F8N4O5. The number of benzene rings is 2. The number of halogens is 8. The average Bonchev–Trinajstić information content (AvgIpc) is 3.30. The molecule has 1 saturated carbocycles. The molecule has 0 spiro atoms. The molecule has 1 aliphatic carbocycles. The van der Waals surface area contributed by atoms with E-state index in [-0.39, 0.29) is 36.4 Å². The van der Waals surface area contributed by atoms with Gasteiger partial charge in [-0.3, -0.25) is 9.69 Å². The second-order valence-corrected chi connectivity index (χ2v) is 13.2. The number of nitrogens with zero attached hydrogens (tertiary/aromatic N) is 3. The number of alkyl halides is 8. The van der Waals surface area contributed by atoms with Gasteiger partial charge in [0.1, 0.15) is 11.9 Å². The Hall–Kier alpha value is -4.57. The molecule has 51 heavy (non-hydrogen) atoms. The van der Waals surface area contributed by atoms with Crippen LogP contribution in [0.15, 0.2) is 47.1 Å². The Morgan fingerprint density at radius 1 is 1.00 bits per heavy atom. The molecule has 6 rings (SSSR count). The van der Waals surface area contributed by atoms with Gasteiger partial charge in [0, 0.05) is 23.4 Å². The van der Waals surface area contributed by atoms with Gasteiger partial charge < -0.3 is 24.4 Å². The maximum absolute atomic E-state index is 13.9. The number of rotatable bonds is 7. The quantitative estimate of drug-likeness (QED) is 0.243. The molecule has 1 amide bonds. The molecule has 2 aromatic rings. The van der Waals surface area contributed by atoms with Crippen LogP contribution < -0.4 is 10.1 Å². The topological polar surface area (TPSA) is 92.7 Å². The van der Waals surface area contributed by atoms with Crippen LogP contribution in [-0.2, 0) is 26.6 Å². The number of allylic oxidation sites excluding steroid dienone is 1. The van der Waals surface area contributed by atoms with Crippen LogP contribution in [0.1, 0.15) is 66.5 Å². The maximum Gasteiger partial charge on any atom is 0.416 e. The van der Waals surface area contributed by atoms with E-state index in [0.717, 1.165) is 5.56 Å². The first-order valence-corrected chi connectivity index (χ1v) is 16.0. The molecule has 0 aromatic heterocycles. The van der Waals surface area contributed by atoms with E-state index in [2.05, 4.69) is 10.3 Å². The van der Waals surface area contributed by atoms with E-state index in [0.29, 0.717) is 47.6 Å². The summed E-state index contributed by atoms with van der Waals surface area (Å²) in [6.07, 6.45) is -11.6. The number of amides is 1. The van der Waals surface area contributed by atoms with Crippen molar-refractivity contribution in [2.24, 2.45) is 10.9 Å². The zero-order valence-electron chi connectivity index (χ0n) is 27.8. The largest absolute Gasteiger partial charge is 0.496 e. The highest BCUT2D eigenvalue weighted by Gasteiger charge is 2.48. The van der Waals surface area contributed by atoms with Crippen molar-refractivity contribution < 1.29 is 58.9 Å². The first-order chi connectivity index (χ1) is 23.8. The first-order valence-electron chi connectivity index (χ1n) is 16.0. The van der Waals surface area contributed by atoms with E-state index in [4.69, 9.17) is 14.2 Å². The van der Waals surface area contributed by atoms with Crippen molar-refractivity contribution in [3.63, 3.8) is 0 Å². The van der Waals surface area contributed by atoms with E-state index in [1.54, 1.807) is 13.0 Å². The van der Waals surface area contributed by atoms with E-state index in [1.165, 1.54) is 30.9 Å². The highest BCUT2D eigenvalue weighted by atomic mass is 19.4. The van der Waals surface area contributed by atoms with Gasteiger partial charge in [-0.15, -0.1) is 0 Å². The third-order valence-corrected chi connectivity index (χ3v) is 9.83. The van der Waals surface area contributed by atoms with E-state index in [1.807, 2.05) is 12.1 Å². The molecule has 17 heteroatoms. The summed E-state index contributed by atoms with van der Waals surface area (Å²) in [5.74, 6) is -2.97. The normalized spacial score (nSPS) is 26.2. The lowest BCUT2D eigenvalue weighted by Crippen LogP contribution is -2.64. The molecule has 3 heterocycles. The lowest BCUT2D eigenvalue weighted by Gasteiger charge is -2.44. The van der Waals surface area contributed by atoms with Crippen LogP contribution in [0.25, 0.3) is 5.57 Å². The van der Waals surface area contributed by atoms with Crippen molar-refractivity contribution in [2.75, 3.05) is 33.9 Å². The predicted molar refractivity (Wildman–Crippen MR) is 166 cm³/mol. The Bertz CT molecular complexity index is 1750. The number of cyclic esters (lactones) is 1. The summed E-state index contributed by atoms with van der Waals surface area (Å²) in [6, 6.07) is 4.56. The summed E-state index contributed by atoms with van der Waals surface area (Å²) < 4.78 is 126. The minimum absolute atomic E-state index is 0.00458. The van der Waals surface area contributed by atoms with Crippen LogP contribution in [0.5, 0.6) is 5.75 Å². The van der Waals surface area contributed by atoms with Crippen LogP contribution in [0.4, 0.5) is 39.9 Å². The maximum atomic E-state index is 13.9. The summed E-state index contributed by atoms with van der Waals surface area (Å²) in [6.45, 7) is 1.62. The molecular weight excluding hydrogens is 696 g/mol. The highest BCUT2D eigenvalue weighted by Crippen LogP contribution is 2.46. The van der Waals surface area contributed by atoms with Gasteiger partial charge in [0.25, 0.3) is 5.92 Å². The zero-order valence-corrected chi connectivity index (χ0v) is 27.8. The lowest BCUT2D eigenvalue weighted by molar-refractivity contribution is -0.149. The molecule has 0 bridgehead atoms. The van der Waals surface area contributed by atoms with Gasteiger partial charge in [-0.2, -0.15) is 26.3 Å². The summed E-state index contributed by atoms with van der Waals surface area (Å²) in [7, 11) is 2.77. The number of likely N-dealkylation sites (tertiary alicyclic amines) is 1. The molecule has 3 fully saturated rings. The lowest BCUT2D eigenvalue weighted by atomic mass is 9.71. The van der Waals surface area contributed by atoms with Gasteiger partial charge in [0.05, 0.1) is 56.4 Å². The Kier molecular flexibility index (Phi) is 9.15. The van der Waals surface area contributed by atoms with Crippen molar-refractivity contribution in [3.05, 3.63) is 69.9 Å². The van der Waals surface area contributed by atoms with Gasteiger partial charge in [-0.25, -0.2) is 18.6 Å². The van der Waals surface area contributed by atoms with Crippen molar-refractivity contribution >= 4 is 23.6 Å². The van der Waals surface area contributed by atoms with Crippen molar-refractivity contribution in [2.45, 2.75) is 69.1 Å². The minimum Gasteiger partial charge on any atom is -0.496 e. The number of carbonyl (C=O) groups excluding carboxylic acids is 2. The van der Waals surface area contributed by atoms with E-state index < -0.39 is 72.3 Å². The highest BCUT2D eigenvalue weighted by molar-refractivity contribution is 5.91. The van der Waals surface area contributed by atoms with Gasteiger partial charge in [0.2, 0.25) is 0 Å². The Balaban J connectivity index is 1.34. The van der Waals surface area contributed by atoms with Crippen LogP contribution in [0, 0.1) is 5.92 Å². The zero-order chi connectivity index (χ0) is 37.2. The fraction of sp³-hybridized carbons (Fsp3) is 0.500. The third-order valence-electron chi connectivity index (χ3n) is 9.83. The second kappa shape index (κ2) is 12.9. The predicted octanol–water partition coefficient (Wildman–Crippen LogP) is 6.99. The number of nitrogens with one attached hydrogen (secondary N) is 1. The fourth-order valence-corrected chi connectivity index (χ4v) is 7.05. The van der Waals surface area contributed by atoms with Gasteiger partial charge in [-0.05, 0) is 74.1 Å². The Morgan fingerprint density at radius 3 is 2.18 bits per heavy atom. The molecule has 2 saturated heterocycles. The number of hydrogen-bond donors (Lipinski definition) is 1. The van der Waals surface area contributed by atoms with Gasteiger partial charge >= 0.3 is 24.4 Å². The fourth-order valence-electron chi connectivity index (χ4n) is 7.05. The standard InChI is InChI=1S/C34H34F8N4O5/c1-16-27(24-11-18(5-6-26(24)49-3)19-7-21(8-19)29(47)50-4)25(44-30(43-16)45-14-32(35,36)15-45)13-46-17(2)28(51-31(46)48)20-9-22(33(37,38)39)12-23(10-20)34(40,41)42/h5-6,9-12,17,19,21,25,28H,7-8,13-15H2,1-4H3,(H,43,44)/t17-,19-,21-,25?,28-/m0/s1. The minimum atomic E-state index is -5.11. The SMILES string of the molecule is COc1ccc([C@H]2C[C@H](C(=O)OC)C2)cc1C1=C(C)N=C(N2CC(F)(F)C2)NC1CN1C(=O)O[C@H](c2cc(C(F)(F)F)cc(C(F)(F)F)c2)[C@@H]1C. The number of ether oxygens (including phenoxy) is 3. The second-order valence-electron chi connectivity index (χ2n) is 13.2. The molecule has 276 valence electrons. The van der Waals surface area contributed by atoms with E-state index >= 15 is 0 Å². The number of carbonyl (C=O) groups is 2. The van der Waals surface area contributed by atoms with Gasteiger partial charge in [0.15, 0.2) is 5.96 Å². The van der Waals surface area contributed by atoms with Crippen molar-refractivity contribution in [3.8, 4) is 5.75 Å². The summed E-state index contributed by atoms with van der Waals surface area (Å²) >= 11 is 0. The van der Waals surface area contributed by atoms with Crippen LogP contribution in [-0.4, -0.2) is 79.7 Å². The molecule has 2 aromatic carbocycles. The number of methoxy groups -OCH3 is 2. The van der Waals surface area contributed by atoms with Crippen molar-refractivity contribution in [1.29, 1.82) is 0 Å². The summed E-state index contributed by atoms with van der Waals surface area (Å²) in [4.78, 5) is 32.4. The number of esters is 1. The van der Waals surface area contributed by atoms with Gasteiger partial charge in [-0.1, -0.05) is 6.07 Å². The number of aliphatic imine (C=N–C) groups is 1. The van der Waals surface area contributed by atoms with E-state index in [9.17, 15) is 44.7 Å². The average molecular weight is 731 g/mol. The first kappa shape index (κ1) is 36.2. The van der Waals surface area contributed by atoms with Crippen molar-refractivity contribution in [1.82, 2.24) is 15.1 Å². The van der Waals surface area contributed by atoms with Crippen LogP contribution >= 0.6 is 0 Å². The molecule has 1 N–H and O–H groups in total.